The van der Waals surface area contributed by atoms with Gasteiger partial charge in [-0.15, -0.1) is 15.3 Å². The van der Waals surface area contributed by atoms with E-state index in [1.165, 1.54) is 18.3 Å². The summed E-state index contributed by atoms with van der Waals surface area (Å²) in [6, 6.07) is 10.0. The summed E-state index contributed by atoms with van der Waals surface area (Å²) in [6.45, 7) is 0. The smallest absolute Gasteiger partial charge is 0.336 e. The standard InChI is InChI=1S/C15H9ClF3N7/c16-10-3-1-2-4-11(10)25-8-9(7-20-25)21-12-5-6-13-22-23-14(15(17,18)19)26(13)24-12/h1-8H,(H,21,24). The van der Waals surface area contributed by atoms with E-state index in [1.807, 2.05) is 6.07 Å². The molecule has 0 aliphatic heterocycles. The van der Waals surface area contributed by atoms with Crippen molar-refractivity contribution in [1.29, 1.82) is 0 Å². The first-order chi connectivity index (χ1) is 12.4. The molecule has 0 fully saturated rings. The lowest BCUT2D eigenvalue weighted by Crippen LogP contribution is -2.13. The maximum Gasteiger partial charge on any atom is 0.453 e. The molecule has 26 heavy (non-hydrogen) atoms. The number of hydrogen-bond acceptors (Lipinski definition) is 5. The molecule has 3 heterocycles. The molecule has 0 radical (unpaired) electrons. The van der Waals surface area contributed by atoms with Crippen LogP contribution < -0.4 is 5.32 Å². The topological polar surface area (TPSA) is 72.9 Å². The molecule has 0 aliphatic carbocycles. The lowest BCUT2D eigenvalue weighted by Gasteiger charge is -2.06. The van der Waals surface area contributed by atoms with Crippen molar-refractivity contribution < 1.29 is 13.2 Å². The van der Waals surface area contributed by atoms with Gasteiger partial charge in [0.05, 0.1) is 28.8 Å². The van der Waals surface area contributed by atoms with Crippen molar-refractivity contribution >= 4 is 28.8 Å². The van der Waals surface area contributed by atoms with Gasteiger partial charge in [-0.25, -0.2) is 4.68 Å². The highest BCUT2D eigenvalue weighted by atomic mass is 35.5. The number of alkyl halides is 3. The van der Waals surface area contributed by atoms with Crippen LogP contribution in [-0.4, -0.2) is 29.6 Å². The molecule has 0 amide bonds. The molecular formula is C15H9ClF3N7. The lowest BCUT2D eigenvalue weighted by molar-refractivity contribution is -0.146. The molecule has 0 saturated heterocycles. The zero-order chi connectivity index (χ0) is 18.3. The Bertz CT molecular complexity index is 1090. The van der Waals surface area contributed by atoms with Crippen LogP contribution in [0.4, 0.5) is 24.7 Å². The Morgan fingerprint density at radius 3 is 2.62 bits per heavy atom. The Morgan fingerprint density at radius 1 is 1.04 bits per heavy atom. The maximum atomic E-state index is 12.9. The fourth-order valence-electron chi connectivity index (χ4n) is 2.34. The summed E-state index contributed by atoms with van der Waals surface area (Å²) in [4.78, 5) is 0. The van der Waals surface area contributed by atoms with Crippen molar-refractivity contribution in [1.82, 2.24) is 29.6 Å². The lowest BCUT2D eigenvalue weighted by atomic mass is 10.3. The van der Waals surface area contributed by atoms with E-state index in [9.17, 15) is 13.2 Å². The summed E-state index contributed by atoms with van der Waals surface area (Å²) in [6.07, 6.45) is -1.50. The summed E-state index contributed by atoms with van der Waals surface area (Å²) in [5.41, 5.74) is 1.19. The number of nitrogens with zero attached hydrogens (tertiary/aromatic N) is 6. The number of rotatable bonds is 3. The highest BCUT2D eigenvalue weighted by Crippen LogP contribution is 2.28. The molecule has 1 aromatic carbocycles. The van der Waals surface area contributed by atoms with Gasteiger partial charge in [0.25, 0.3) is 5.82 Å². The fraction of sp³-hybridized carbons (Fsp3) is 0.0667. The number of benzene rings is 1. The number of nitrogens with one attached hydrogen (secondary N) is 1. The zero-order valence-electron chi connectivity index (χ0n) is 12.8. The maximum absolute atomic E-state index is 12.9. The summed E-state index contributed by atoms with van der Waals surface area (Å²) < 4.78 is 41.0. The van der Waals surface area contributed by atoms with Crippen LogP contribution in [0.25, 0.3) is 11.3 Å². The molecule has 0 spiro atoms. The van der Waals surface area contributed by atoms with E-state index in [4.69, 9.17) is 11.6 Å². The fourth-order valence-corrected chi connectivity index (χ4v) is 2.56. The van der Waals surface area contributed by atoms with Gasteiger partial charge in [0.15, 0.2) is 11.5 Å². The van der Waals surface area contributed by atoms with Crippen LogP contribution in [0, 0.1) is 0 Å². The molecule has 4 rings (SSSR count). The first-order valence-electron chi connectivity index (χ1n) is 7.28. The molecular weight excluding hydrogens is 371 g/mol. The van der Waals surface area contributed by atoms with Crippen LogP contribution in [0.1, 0.15) is 5.82 Å². The van der Waals surface area contributed by atoms with Gasteiger partial charge in [0.2, 0.25) is 0 Å². The molecule has 11 heteroatoms. The summed E-state index contributed by atoms with van der Waals surface area (Å²) in [5, 5.41) is 18.1. The minimum atomic E-state index is -4.65. The number of fused-ring (bicyclic) bond motifs is 1. The van der Waals surface area contributed by atoms with E-state index in [-0.39, 0.29) is 11.5 Å². The minimum Gasteiger partial charge on any atom is -0.336 e. The second-order valence-corrected chi connectivity index (χ2v) is 5.67. The normalized spacial score (nSPS) is 11.8. The monoisotopic (exact) mass is 379 g/mol. The van der Waals surface area contributed by atoms with Crippen molar-refractivity contribution in [2.45, 2.75) is 6.18 Å². The van der Waals surface area contributed by atoms with E-state index >= 15 is 0 Å². The van der Waals surface area contributed by atoms with Gasteiger partial charge in [-0.3, -0.25) is 0 Å². The van der Waals surface area contributed by atoms with Crippen LogP contribution in [0.2, 0.25) is 5.02 Å². The van der Waals surface area contributed by atoms with Gasteiger partial charge in [-0.05, 0) is 24.3 Å². The number of hydrogen-bond donors (Lipinski definition) is 1. The van der Waals surface area contributed by atoms with Gasteiger partial charge in [-0.2, -0.15) is 22.8 Å². The molecule has 0 aliphatic rings. The number of halogens is 4. The zero-order valence-corrected chi connectivity index (χ0v) is 13.6. The number of para-hydroxylation sites is 1. The summed E-state index contributed by atoms with van der Waals surface area (Å²) in [5.74, 6) is -1.01. The first-order valence-corrected chi connectivity index (χ1v) is 7.66. The SMILES string of the molecule is FC(F)(F)c1nnc2ccc(Nc3cnn(-c4ccccc4Cl)c3)nn12. The highest BCUT2D eigenvalue weighted by Gasteiger charge is 2.37. The molecule has 3 aromatic heterocycles. The summed E-state index contributed by atoms with van der Waals surface area (Å²) >= 11 is 6.12. The van der Waals surface area contributed by atoms with Gasteiger partial charge >= 0.3 is 6.18 Å². The van der Waals surface area contributed by atoms with Crippen LogP contribution >= 0.6 is 11.6 Å². The third-order valence-electron chi connectivity index (χ3n) is 3.47. The molecule has 4 aromatic rings. The van der Waals surface area contributed by atoms with Crippen molar-refractivity contribution in [3.63, 3.8) is 0 Å². The van der Waals surface area contributed by atoms with Gasteiger partial charge in [0.1, 0.15) is 0 Å². The van der Waals surface area contributed by atoms with Crippen LogP contribution in [0.3, 0.4) is 0 Å². The van der Waals surface area contributed by atoms with E-state index in [1.54, 1.807) is 29.1 Å². The minimum absolute atomic E-state index is 0.00497. The number of anilines is 2. The molecule has 0 unspecified atom stereocenters. The van der Waals surface area contributed by atoms with Crippen LogP contribution in [0.15, 0.2) is 48.8 Å². The number of aromatic nitrogens is 6. The van der Waals surface area contributed by atoms with Crippen molar-refractivity contribution in [3.8, 4) is 5.69 Å². The average Bonchev–Trinajstić information content (AvgIpc) is 3.21. The Hall–Kier alpha value is -3.14. The first kappa shape index (κ1) is 16.3. The van der Waals surface area contributed by atoms with E-state index < -0.39 is 12.0 Å². The van der Waals surface area contributed by atoms with Crippen molar-refractivity contribution in [2.75, 3.05) is 5.32 Å². The Morgan fingerprint density at radius 2 is 1.85 bits per heavy atom. The van der Waals surface area contributed by atoms with Crippen LogP contribution in [-0.2, 0) is 6.18 Å². The Balaban J connectivity index is 1.65. The predicted octanol–water partition coefficient (Wildman–Crippen LogP) is 3.73. The Labute approximate surface area is 149 Å². The summed E-state index contributed by atoms with van der Waals surface area (Å²) in [7, 11) is 0. The van der Waals surface area contributed by atoms with Gasteiger partial charge < -0.3 is 5.32 Å². The molecule has 132 valence electrons. The second-order valence-electron chi connectivity index (χ2n) is 5.26. The molecule has 7 nitrogen and oxygen atoms in total. The third-order valence-corrected chi connectivity index (χ3v) is 3.79. The average molecular weight is 380 g/mol. The van der Waals surface area contributed by atoms with E-state index in [0.717, 1.165) is 0 Å². The van der Waals surface area contributed by atoms with E-state index in [2.05, 4.69) is 25.7 Å². The Kier molecular flexibility index (Phi) is 3.76. The highest BCUT2D eigenvalue weighted by molar-refractivity contribution is 6.32. The van der Waals surface area contributed by atoms with Gasteiger partial charge in [-0.1, -0.05) is 23.7 Å². The molecule has 0 bridgehead atoms. The quantitative estimate of drug-likeness (QED) is 0.587. The van der Waals surface area contributed by atoms with Gasteiger partial charge in [0, 0.05) is 0 Å². The van der Waals surface area contributed by atoms with Crippen molar-refractivity contribution in [3.05, 3.63) is 59.6 Å². The van der Waals surface area contributed by atoms with E-state index in [0.29, 0.717) is 20.9 Å². The second kappa shape index (κ2) is 5.99. The molecule has 0 atom stereocenters. The predicted molar refractivity (Wildman–Crippen MR) is 87.6 cm³/mol. The largest absolute Gasteiger partial charge is 0.453 e. The van der Waals surface area contributed by atoms with Crippen molar-refractivity contribution in [2.24, 2.45) is 0 Å². The molecule has 1 N–H and O–H groups in total. The van der Waals surface area contributed by atoms with Crippen LogP contribution in [0.5, 0.6) is 0 Å². The molecule has 0 saturated carbocycles. The third kappa shape index (κ3) is 2.94.